The molecule has 1 aromatic heterocycles. The topological polar surface area (TPSA) is 76.2 Å². The van der Waals surface area contributed by atoms with Gasteiger partial charge in [-0.05, 0) is 36.5 Å². The molecule has 86 valence electrons. The van der Waals surface area contributed by atoms with Crippen LogP contribution in [-0.4, -0.2) is 27.6 Å². The lowest BCUT2D eigenvalue weighted by Crippen LogP contribution is -2.13. The predicted molar refractivity (Wildman–Crippen MR) is 64.9 cm³/mol. The summed E-state index contributed by atoms with van der Waals surface area (Å²) in [5.41, 5.74) is 6.66. The maximum atomic E-state index is 10.9. The predicted octanol–water partition coefficient (Wildman–Crippen LogP) is 1.97. The lowest BCUT2D eigenvalue weighted by molar-refractivity contribution is 0.0691. The normalized spacial score (nSPS) is 17.2. The number of nitrogens with zero attached hydrogens (tertiary/aromatic N) is 1. The van der Waals surface area contributed by atoms with Crippen molar-refractivity contribution in [3.05, 3.63) is 23.5 Å². The third-order valence-electron chi connectivity index (χ3n) is 2.79. The third-order valence-corrected chi connectivity index (χ3v) is 3.84. The van der Waals surface area contributed by atoms with Gasteiger partial charge in [0.15, 0.2) is 5.69 Å². The summed E-state index contributed by atoms with van der Waals surface area (Å²) < 4.78 is 0. The van der Waals surface area contributed by atoms with Gasteiger partial charge in [0.05, 0.1) is 5.69 Å². The number of pyridine rings is 1. The molecule has 0 radical (unpaired) electrons. The molecule has 0 spiro atoms. The summed E-state index contributed by atoms with van der Waals surface area (Å²) in [5.74, 6) is 1.59. The molecule has 4 nitrogen and oxygen atoms in total. The van der Waals surface area contributed by atoms with E-state index in [0.29, 0.717) is 5.92 Å². The molecule has 0 unspecified atom stereocenters. The summed E-state index contributed by atoms with van der Waals surface area (Å²) in [5, 5.41) is 8.94. The molecule has 2 rings (SSSR count). The SMILES string of the molecule is Nc1ccc(C2CCSCC2)nc1C(=O)O. The number of anilines is 1. The van der Waals surface area contributed by atoms with Crippen LogP contribution in [0.2, 0.25) is 0 Å². The van der Waals surface area contributed by atoms with Gasteiger partial charge in [-0.3, -0.25) is 0 Å². The Morgan fingerprint density at radius 1 is 1.44 bits per heavy atom. The number of thioether (sulfide) groups is 1. The molecular formula is C11H14N2O2S. The highest BCUT2D eigenvalue weighted by atomic mass is 32.2. The van der Waals surface area contributed by atoms with Gasteiger partial charge in [0.25, 0.3) is 0 Å². The van der Waals surface area contributed by atoms with Gasteiger partial charge in [-0.2, -0.15) is 11.8 Å². The Balaban J connectivity index is 2.27. The van der Waals surface area contributed by atoms with Crippen molar-refractivity contribution < 1.29 is 9.90 Å². The summed E-state index contributed by atoms with van der Waals surface area (Å²) in [6, 6.07) is 3.50. The molecule has 1 fully saturated rings. The number of aromatic nitrogens is 1. The maximum absolute atomic E-state index is 10.9. The fourth-order valence-corrected chi connectivity index (χ4v) is 2.98. The van der Waals surface area contributed by atoms with Gasteiger partial charge in [0, 0.05) is 11.6 Å². The number of carbonyl (C=O) groups is 1. The molecule has 1 aromatic rings. The largest absolute Gasteiger partial charge is 0.476 e. The van der Waals surface area contributed by atoms with Crippen molar-refractivity contribution in [1.82, 2.24) is 4.98 Å². The average molecular weight is 238 g/mol. The molecule has 0 saturated carbocycles. The first kappa shape index (κ1) is 11.3. The minimum absolute atomic E-state index is 0.0178. The van der Waals surface area contributed by atoms with Crippen LogP contribution in [0.1, 0.15) is 34.9 Å². The van der Waals surface area contributed by atoms with Gasteiger partial charge in [0.2, 0.25) is 0 Å². The van der Waals surface area contributed by atoms with Crippen molar-refractivity contribution in [1.29, 1.82) is 0 Å². The molecule has 2 heterocycles. The Labute approximate surface area is 98.3 Å². The smallest absolute Gasteiger partial charge is 0.356 e. The number of rotatable bonds is 2. The van der Waals surface area contributed by atoms with Crippen molar-refractivity contribution >= 4 is 23.4 Å². The molecule has 1 aliphatic rings. The Kier molecular flexibility index (Phi) is 3.33. The number of aromatic carboxylic acids is 1. The van der Waals surface area contributed by atoms with E-state index in [1.807, 2.05) is 17.8 Å². The minimum atomic E-state index is -1.05. The van der Waals surface area contributed by atoms with E-state index in [-0.39, 0.29) is 11.4 Å². The molecule has 0 aromatic carbocycles. The third kappa shape index (κ3) is 2.29. The maximum Gasteiger partial charge on any atom is 0.356 e. The van der Waals surface area contributed by atoms with E-state index in [1.165, 1.54) is 0 Å². The van der Waals surface area contributed by atoms with E-state index in [2.05, 4.69) is 4.98 Å². The van der Waals surface area contributed by atoms with Gasteiger partial charge in [-0.1, -0.05) is 0 Å². The molecule has 0 atom stereocenters. The quantitative estimate of drug-likeness (QED) is 0.823. The van der Waals surface area contributed by atoms with Crippen LogP contribution in [0.4, 0.5) is 5.69 Å². The Bertz CT molecular complexity index is 403. The minimum Gasteiger partial charge on any atom is -0.476 e. The van der Waals surface area contributed by atoms with Gasteiger partial charge in [0.1, 0.15) is 0 Å². The molecule has 0 amide bonds. The lowest BCUT2D eigenvalue weighted by Gasteiger charge is -2.21. The zero-order valence-corrected chi connectivity index (χ0v) is 9.67. The summed E-state index contributed by atoms with van der Waals surface area (Å²) >= 11 is 1.94. The van der Waals surface area contributed by atoms with Crippen LogP contribution >= 0.6 is 11.8 Å². The summed E-state index contributed by atoms with van der Waals surface area (Å²) in [7, 11) is 0. The Morgan fingerprint density at radius 3 is 2.75 bits per heavy atom. The highest BCUT2D eigenvalue weighted by molar-refractivity contribution is 7.99. The highest BCUT2D eigenvalue weighted by Crippen LogP contribution is 2.31. The second kappa shape index (κ2) is 4.74. The Hall–Kier alpha value is -1.23. The van der Waals surface area contributed by atoms with Crippen molar-refractivity contribution in [2.45, 2.75) is 18.8 Å². The second-order valence-corrected chi connectivity index (χ2v) is 5.09. The molecular weight excluding hydrogens is 224 g/mol. The van der Waals surface area contributed by atoms with Crippen LogP contribution in [0.3, 0.4) is 0 Å². The first-order valence-corrected chi connectivity index (χ1v) is 6.41. The first-order chi connectivity index (χ1) is 7.68. The van der Waals surface area contributed by atoms with Gasteiger partial charge < -0.3 is 10.8 Å². The number of hydrogen-bond acceptors (Lipinski definition) is 4. The molecule has 0 aliphatic carbocycles. The fraction of sp³-hybridized carbons (Fsp3) is 0.455. The molecule has 0 bridgehead atoms. The van der Waals surface area contributed by atoms with E-state index in [0.717, 1.165) is 30.0 Å². The monoisotopic (exact) mass is 238 g/mol. The van der Waals surface area contributed by atoms with Crippen LogP contribution in [0.15, 0.2) is 12.1 Å². The highest BCUT2D eigenvalue weighted by Gasteiger charge is 2.19. The van der Waals surface area contributed by atoms with Crippen LogP contribution in [0.5, 0.6) is 0 Å². The van der Waals surface area contributed by atoms with Crippen molar-refractivity contribution in [2.24, 2.45) is 0 Å². The molecule has 5 heteroatoms. The van der Waals surface area contributed by atoms with E-state index < -0.39 is 5.97 Å². The Morgan fingerprint density at radius 2 is 2.12 bits per heavy atom. The van der Waals surface area contributed by atoms with Crippen molar-refractivity contribution in [2.75, 3.05) is 17.2 Å². The van der Waals surface area contributed by atoms with Gasteiger partial charge in [-0.15, -0.1) is 0 Å². The zero-order chi connectivity index (χ0) is 11.5. The number of carboxylic acid groups (broad SMARTS) is 1. The van der Waals surface area contributed by atoms with E-state index in [9.17, 15) is 4.79 Å². The van der Waals surface area contributed by atoms with Crippen LogP contribution in [-0.2, 0) is 0 Å². The molecule has 16 heavy (non-hydrogen) atoms. The first-order valence-electron chi connectivity index (χ1n) is 5.26. The number of nitrogens with two attached hydrogens (primary N) is 1. The zero-order valence-electron chi connectivity index (χ0n) is 8.85. The summed E-state index contributed by atoms with van der Waals surface area (Å²) in [6.07, 6.45) is 2.14. The summed E-state index contributed by atoms with van der Waals surface area (Å²) in [4.78, 5) is 15.1. The molecule has 3 N–H and O–H groups in total. The van der Waals surface area contributed by atoms with Crippen LogP contribution in [0.25, 0.3) is 0 Å². The van der Waals surface area contributed by atoms with Crippen molar-refractivity contribution in [3.8, 4) is 0 Å². The fourth-order valence-electron chi connectivity index (χ4n) is 1.88. The number of carboxylic acids is 1. The molecule has 1 saturated heterocycles. The van der Waals surface area contributed by atoms with Gasteiger partial charge >= 0.3 is 5.97 Å². The number of nitrogen functional groups attached to an aromatic ring is 1. The van der Waals surface area contributed by atoms with Gasteiger partial charge in [-0.25, -0.2) is 9.78 Å². The van der Waals surface area contributed by atoms with E-state index in [4.69, 9.17) is 10.8 Å². The summed E-state index contributed by atoms with van der Waals surface area (Å²) in [6.45, 7) is 0. The van der Waals surface area contributed by atoms with Crippen molar-refractivity contribution in [3.63, 3.8) is 0 Å². The second-order valence-electron chi connectivity index (χ2n) is 3.87. The average Bonchev–Trinajstić information content (AvgIpc) is 2.30. The van der Waals surface area contributed by atoms with E-state index in [1.54, 1.807) is 6.07 Å². The lowest BCUT2D eigenvalue weighted by atomic mass is 9.98. The standard InChI is InChI=1S/C11H14N2O2S/c12-8-1-2-9(13-10(8)11(14)15)7-3-5-16-6-4-7/h1-2,7H,3-6,12H2,(H,14,15). The number of hydrogen-bond donors (Lipinski definition) is 2. The van der Waals surface area contributed by atoms with Crippen LogP contribution in [0, 0.1) is 0 Å². The van der Waals surface area contributed by atoms with Crippen LogP contribution < -0.4 is 5.73 Å². The molecule has 1 aliphatic heterocycles. The van der Waals surface area contributed by atoms with E-state index >= 15 is 0 Å².